The third-order valence-electron chi connectivity index (χ3n) is 4.38. The Morgan fingerprint density at radius 1 is 1.17 bits per heavy atom. The third kappa shape index (κ3) is 6.74. The van der Waals surface area contributed by atoms with Crippen molar-refractivity contribution in [1.29, 1.82) is 0 Å². The lowest BCUT2D eigenvalue weighted by Crippen LogP contribution is -2.18. The summed E-state index contributed by atoms with van der Waals surface area (Å²) >= 11 is 0. The number of rotatable bonds is 11. The van der Waals surface area contributed by atoms with Gasteiger partial charge in [-0.1, -0.05) is 57.6 Å². The highest BCUT2D eigenvalue weighted by Crippen LogP contribution is 2.26. The maximum atomic E-state index is 12.1. The summed E-state index contributed by atoms with van der Waals surface area (Å²) in [5.41, 5.74) is 1.63. The van der Waals surface area contributed by atoms with Crippen LogP contribution < -0.4 is 0 Å². The van der Waals surface area contributed by atoms with E-state index >= 15 is 0 Å². The maximum Gasteiger partial charge on any atom is 0.338 e. The minimum absolute atomic E-state index is 0.245. The number of hydrogen-bond donors (Lipinski definition) is 0. The summed E-state index contributed by atoms with van der Waals surface area (Å²) in [5.74, 6) is -0.247. The molecule has 128 valence electrons. The molecule has 1 saturated heterocycles. The minimum atomic E-state index is -0.247. The van der Waals surface area contributed by atoms with Crippen molar-refractivity contribution in [3.05, 3.63) is 35.4 Å². The van der Waals surface area contributed by atoms with Gasteiger partial charge in [0, 0.05) is 0 Å². The molecule has 3 heteroatoms. The predicted octanol–water partition coefficient (Wildman–Crippen LogP) is 4.93. The molecule has 0 saturated carbocycles. The molecule has 0 radical (unpaired) electrons. The van der Waals surface area contributed by atoms with Crippen LogP contribution in [-0.4, -0.2) is 24.8 Å². The maximum absolute atomic E-state index is 12.1. The summed E-state index contributed by atoms with van der Waals surface area (Å²) in [6, 6.07) is 7.84. The summed E-state index contributed by atoms with van der Waals surface area (Å²) in [6.07, 6.45) is 10.2. The van der Waals surface area contributed by atoms with Crippen LogP contribution in [0, 0.1) is 0 Å². The van der Waals surface area contributed by atoms with Crippen LogP contribution in [0.3, 0.4) is 0 Å². The van der Waals surface area contributed by atoms with Gasteiger partial charge < -0.3 is 9.47 Å². The van der Waals surface area contributed by atoms with Gasteiger partial charge in [0.25, 0.3) is 0 Å². The highest BCUT2D eigenvalue weighted by atomic mass is 16.6. The van der Waals surface area contributed by atoms with Gasteiger partial charge in [-0.25, -0.2) is 4.79 Å². The van der Waals surface area contributed by atoms with Crippen LogP contribution in [0.4, 0.5) is 0 Å². The Morgan fingerprint density at radius 3 is 2.57 bits per heavy atom. The quantitative estimate of drug-likeness (QED) is 0.330. The summed E-state index contributed by atoms with van der Waals surface area (Å²) < 4.78 is 10.6. The monoisotopic (exact) mass is 318 g/mol. The topological polar surface area (TPSA) is 38.8 Å². The van der Waals surface area contributed by atoms with Crippen LogP contribution in [0.2, 0.25) is 0 Å². The molecule has 0 N–H and O–H groups in total. The fourth-order valence-corrected chi connectivity index (χ4v) is 2.65. The van der Waals surface area contributed by atoms with Gasteiger partial charge in [-0.3, -0.25) is 0 Å². The second-order valence-electron chi connectivity index (χ2n) is 6.89. The fourth-order valence-electron chi connectivity index (χ4n) is 2.65. The van der Waals surface area contributed by atoms with Crippen LogP contribution in [0.1, 0.15) is 74.7 Å². The van der Waals surface area contributed by atoms with Crippen LogP contribution in [0.25, 0.3) is 0 Å². The lowest BCUT2D eigenvalue weighted by Gasteiger charge is -2.08. The summed E-state index contributed by atoms with van der Waals surface area (Å²) in [7, 11) is 0. The Morgan fingerprint density at radius 2 is 1.87 bits per heavy atom. The second-order valence-corrected chi connectivity index (χ2v) is 6.89. The van der Waals surface area contributed by atoms with Gasteiger partial charge in [-0.15, -0.1) is 0 Å². The van der Waals surface area contributed by atoms with E-state index in [1.54, 1.807) is 0 Å². The predicted molar refractivity (Wildman–Crippen MR) is 92.8 cm³/mol. The van der Waals surface area contributed by atoms with Gasteiger partial charge in [0.1, 0.15) is 12.2 Å². The molecule has 1 unspecified atom stereocenters. The third-order valence-corrected chi connectivity index (χ3v) is 4.38. The summed E-state index contributed by atoms with van der Waals surface area (Å²) in [5, 5.41) is 0. The molecule has 0 bridgehead atoms. The number of hydrogen-bond acceptors (Lipinski definition) is 3. The first-order valence-electron chi connectivity index (χ1n) is 9.03. The van der Waals surface area contributed by atoms with Crippen molar-refractivity contribution < 1.29 is 14.3 Å². The van der Waals surface area contributed by atoms with Gasteiger partial charge in [-0.05, 0) is 37.5 Å². The van der Waals surface area contributed by atoms with Crippen molar-refractivity contribution in [2.24, 2.45) is 0 Å². The van der Waals surface area contributed by atoms with Crippen LogP contribution >= 0.6 is 0 Å². The molecule has 1 aromatic carbocycles. The van der Waals surface area contributed by atoms with E-state index in [1.807, 2.05) is 25.1 Å². The molecule has 3 nitrogen and oxygen atoms in total. The lowest BCUT2D eigenvalue weighted by molar-refractivity contribution is 0.0411. The van der Waals surface area contributed by atoms with Crippen molar-refractivity contribution in [3.8, 4) is 0 Å². The number of ether oxygens (including phenoxy) is 2. The smallest absolute Gasteiger partial charge is 0.338 e. The molecular weight excluding hydrogens is 288 g/mol. The molecule has 0 spiro atoms. The summed E-state index contributed by atoms with van der Waals surface area (Å²) in [6.45, 7) is 5.22. The first kappa shape index (κ1) is 18.0. The van der Waals surface area contributed by atoms with Crippen molar-refractivity contribution in [2.75, 3.05) is 13.2 Å². The van der Waals surface area contributed by atoms with E-state index in [2.05, 4.69) is 13.0 Å². The van der Waals surface area contributed by atoms with Crippen LogP contribution in [0.5, 0.6) is 0 Å². The highest BCUT2D eigenvalue weighted by molar-refractivity contribution is 5.89. The number of esters is 1. The van der Waals surface area contributed by atoms with E-state index in [-0.39, 0.29) is 11.6 Å². The molecule has 0 aliphatic carbocycles. The van der Waals surface area contributed by atoms with Gasteiger partial charge >= 0.3 is 5.97 Å². The van der Waals surface area contributed by atoms with E-state index in [9.17, 15) is 4.79 Å². The van der Waals surface area contributed by atoms with E-state index in [1.165, 1.54) is 50.5 Å². The lowest BCUT2D eigenvalue weighted by atomic mass is 10.0. The van der Waals surface area contributed by atoms with Gasteiger partial charge in [0.2, 0.25) is 0 Å². The number of carbonyl (C=O) groups is 1. The zero-order chi connectivity index (χ0) is 16.5. The molecule has 1 atom stereocenters. The van der Waals surface area contributed by atoms with Crippen molar-refractivity contribution in [1.82, 2.24) is 0 Å². The normalized spacial score (nSPS) is 19.6. The number of epoxide rings is 1. The number of unbranched alkanes of at least 4 members (excludes halogenated alkanes) is 6. The Balaban J connectivity index is 1.68. The van der Waals surface area contributed by atoms with E-state index < -0.39 is 0 Å². The molecule has 23 heavy (non-hydrogen) atoms. The molecule has 2 rings (SSSR count). The molecule has 0 amide bonds. The Hall–Kier alpha value is -1.35. The van der Waals surface area contributed by atoms with Crippen LogP contribution in [0.15, 0.2) is 24.3 Å². The standard InChI is InChI=1S/C20H30O3/c1-3-4-5-6-7-8-9-11-17-12-10-13-18(14-17)19(21)22-15-20(2)16-23-20/h10,12-14H,3-9,11,15-16H2,1-2H3. The van der Waals surface area contributed by atoms with Crippen LogP contribution in [-0.2, 0) is 15.9 Å². The van der Waals surface area contributed by atoms with Gasteiger partial charge in [-0.2, -0.15) is 0 Å². The molecule has 1 heterocycles. The SMILES string of the molecule is CCCCCCCCCc1cccc(C(=O)OCC2(C)CO2)c1. The van der Waals surface area contributed by atoms with Crippen molar-refractivity contribution >= 4 is 5.97 Å². The fraction of sp³-hybridized carbons (Fsp3) is 0.650. The summed E-state index contributed by atoms with van der Waals surface area (Å²) in [4.78, 5) is 12.1. The molecule has 1 aliphatic heterocycles. The molecule has 1 aromatic rings. The van der Waals surface area contributed by atoms with Gasteiger partial charge in [0.15, 0.2) is 0 Å². The number of carbonyl (C=O) groups excluding carboxylic acids is 1. The molecular formula is C20H30O3. The number of benzene rings is 1. The zero-order valence-electron chi connectivity index (χ0n) is 14.6. The molecule has 0 aromatic heterocycles. The van der Waals surface area contributed by atoms with Gasteiger partial charge in [0.05, 0.1) is 12.2 Å². The van der Waals surface area contributed by atoms with Crippen molar-refractivity contribution in [2.45, 2.75) is 70.8 Å². The largest absolute Gasteiger partial charge is 0.459 e. The average Bonchev–Trinajstić information content (AvgIpc) is 3.30. The average molecular weight is 318 g/mol. The zero-order valence-corrected chi connectivity index (χ0v) is 14.6. The molecule has 1 aliphatic rings. The van der Waals surface area contributed by atoms with Crippen molar-refractivity contribution in [3.63, 3.8) is 0 Å². The Bertz CT molecular complexity index is 491. The van der Waals surface area contributed by atoms with E-state index in [0.29, 0.717) is 18.8 Å². The second kappa shape index (κ2) is 9.07. The Labute approximate surface area is 140 Å². The molecule has 1 fully saturated rings. The first-order valence-corrected chi connectivity index (χ1v) is 9.03. The highest BCUT2D eigenvalue weighted by Gasteiger charge is 2.40. The first-order chi connectivity index (χ1) is 11.1. The number of aryl methyl sites for hydroxylation is 1. The Kier molecular flexibility index (Phi) is 7.10. The van der Waals surface area contributed by atoms with E-state index in [0.717, 1.165) is 6.42 Å². The van der Waals surface area contributed by atoms with E-state index in [4.69, 9.17) is 9.47 Å². The minimum Gasteiger partial charge on any atom is -0.459 e.